The highest BCUT2D eigenvalue weighted by Crippen LogP contribution is 2.05. The van der Waals surface area contributed by atoms with Crippen molar-refractivity contribution in [2.45, 2.75) is 31.7 Å². The highest BCUT2D eigenvalue weighted by atomic mass is 15.3. The van der Waals surface area contributed by atoms with Gasteiger partial charge < -0.3 is 15.1 Å². The fourth-order valence-corrected chi connectivity index (χ4v) is 2.84. The van der Waals surface area contributed by atoms with Crippen LogP contribution in [0.2, 0.25) is 0 Å². The van der Waals surface area contributed by atoms with Crippen molar-refractivity contribution in [2.24, 2.45) is 4.99 Å². The Morgan fingerprint density at radius 2 is 2.09 bits per heavy atom. The van der Waals surface area contributed by atoms with Crippen molar-refractivity contribution in [1.82, 2.24) is 20.0 Å². The van der Waals surface area contributed by atoms with E-state index in [4.69, 9.17) is 0 Å². The van der Waals surface area contributed by atoms with E-state index in [9.17, 15) is 0 Å². The summed E-state index contributed by atoms with van der Waals surface area (Å²) in [5.41, 5.74) is 0. The summed E-state index contributed by atoms with van der Waals surface area (Å²) in [5, 5.41) is 3.53. The van der Waals surface area contributed by atoms with Gasteiger partial charge in [0.15, 0.2) is 5.96 Å². The summed E-state index contributed by atoms with van der Waals surface area (Å²) in [7, 11) is 8.41. The maximum atomic E-state index is 4.41. The lowest BCUT2D eigenvalue weighted by atomic mass is 10.2. The van der Waals surface area contributed by atoms with Gasteiger partial charge in [-0.25, -0.2) is 0 Å². The predicted octanol–water partition coefficient (Wildman–Crippen LogP) is 1.49. The molecule has 1 fully saturated rings. The minimum atomic E-state index is 0.552. The highest BCUT2D eigenvalue weighted by Gasteiger charge is 2.22. The number of unbranched alkanes of at least 4 members (excludes halogenated alkanes) is 3. The Bertz CT molecular complexity index is 342. The van der Waals surface area contributed by atoms with Crippen LogP contribution in [-0.4, -0.2) is 87.6 Å². The second-order valence-electron chi connectivity index (χ2n) is 6.38. The molecule has 5 nitrogen and oxygen atoms in total. The SMILES string of the molecule is C=CCCCCCN(C)C(=NC)NCC1CN(C)CCN1C. The third-order valence-corrected chi connectivity index (χ3v) is 4.45. The van der Waals surface area contributed by atoms with Gasteiger partial charge in [0.25, 0.3) is 0 Å². The van der Waals surface area contributed by atoms with Crippen LogP contribution in [0.4, 0.5) is 0 Å². The van der Waals surface area contributed by atoms with Crippen molar-refractivity contribution in [3.05, 3.63) is 12.7 Å². The molecule has 22 heavy (non-hydrogen) atoms. The molecule has 0 aromatic heterocycles. The third kappa shape index (κ3) is 6.79. The van der Waals surface area contributed by atoms with Crippen molar-refractivity contribution < 1.29 is 0 Å². The molecule has 0 saturated carbocycles. The zero-order valence-corrected chi connectivity index (χ0v) is 15.0. The molecule has 0 aliphatic carbocycles. The summed E-state index contributed by atoms with van der Waals surface area (Å²) in [6, 6.07) is 0.552. The average Bonchev–Trinajstić information content (AvgIpc) is 2.51. The molecule has 1 aliphatic rings. The number of nitrogens with one attached hydrogen (secondary N) is 1. The van der Waals surface area contributed by atoms with Gasteiger partial charge in [0, 0.05) is 52.9 Å². The number of guanidine groups is 1. The van der Waals surface area contributed by atoms with E-state index < -0.39 is 0 Å². The average molecular weight is 310 g/mol. The Labute approximate surface area is 137 Å². The quantitative estimate of drug-likeness (QED) is 0.319. The van der Waals surface area contributed by atoms with E-state index in [2.05, 4.69) is 52.7 Å². The van der Waals surface area contributed by atoms with Gasteiger partial charge in [0.2, 0.25) is 0 Å². The molecule has 1 rings (SSSR count). The normalized spacial score (nSPS) is 20.9. The molecule has 0 radical (unpaired) electrons. The lowest BCUT2D eigenvalue weighted by molar-refractivity contribution is 0.116. The molecule has 0 amide bonds. The summed E-state index contributed by atoms with van der Waals surface area (Å²) in [6.07, 6.45) is 6.82. The first-order valence-electron chi connectivity index (χ1n) is 8.50. The van der Waals surface area contributed by atoms with Gasteiger partial charge in [-0.3, -0.25) is 9.89 Å². The Hall–Kier alpha value is -1.07. The van der Waals surface area contributed by atoms with Crippen LogP contribution >= 0.6 is 0 Å². The molecule has 1 heterocycles. The summed E-state index contributed by atoms with van der Waals surface area (Å²) in [6.45, 7) is 9.19. The maximum absolute atomic E-state index is 4.41. The number of rotatable bonds is 8. The Morgan fingerprint density at radius 1 is 1.32 bits per heavy atom. The van der Waals surface area contributed by atoms with Gasteiger partial charge in [-0.1, -0.05) is 12.5 Å². The van der Waals surface area contributed by atoms with Crippen molar-refractivity contribution in [2.75, 3.05) is 60.9 Å². The molecule has 0 aromatic rings. The van der Waals surface area contributed by atoms with E-state index in [-0.39, 0.29) is 0 Å². The minimum absolute atomic E-state index is 0.552. The first kappa shape index (κ1) is 19.0. The molecule has 1 aliphatic heterocycles. The third-order valence-electron chi connectivity index (χ3n) is 4.45. The Kier molecular flexibility index (Phi) is 9.16. The van der Waals surface area contributed by atoms with E-state index in [0.717, 1.165) is 45.1 Å². The fraction of sp³-hybridized carbons (Fsp3) is 0.824. The van der Waals surface area contributed by atoms with Gasteiger partial charge in [-0.15, -0.1) is 6.58 Å². The number of hydrogen-bond donors (Lipinski definition) is 1. The lowest BCUT2D eigenvalue weighted by Crippen LogP contribution is -2.55. The fourth-order valence-electron chi connectivity index (χ4n) is 2.84. The predicted molar refractivity (Wildman–Crippen MR) is 96.6 cm³/mol. The van der Waals surface area contributed by atoms with E-state index in [1.165, 1.54) is 19.3 Å². The molecular weight excluding hydrogens is 274 g/mol. The standard InChI is InChI=1S/C17H35N5/c1-6-7-8-9-10-11-22(5)17(18-2)19-14-16-15-20(3)12-13-21(16)4/h6,16H,1,7-15H2,2-5H3,(H,18,19). The molecule has 128 valence electrons. The van der Waals surface area contributed by atoms with Crippen molar-refractivity contribution in [3.63, 3.8) is 0 Å². The van der Waals surface area contributed by atoms with E-state index in [0.29, 0.717) is 6.04 Å². The second kappa shape index (κ2) is 10.6. The van der Waals surface area contributed by atoms with Crippen molar-refractivity contribution >= 4 is 5.96 Å². The number of likely N-dealkylation sites (N-methyl/N-ethyl adjacent to an activating group) is 2. The van der Waals surface area contributed by atoms with Gasteiger partial charge in [0.1, 0.15) is 0 Å². The number of nitrogens with zero attached hydrogens (tertiary/aromatic N) is 4. The largest absolute Gasteiger partial charge is 0.355 e. The maximum Gasteiger partial charge on any atom is 0.193 e. The first-order chi connectivity index (χ1) is 10.6. The second-order valence-corrected chi connectivity index (χ2v) is 6.38. The summed E-state index contributed by atoms with van der Waals surface area (Å²) in [4.78, 5) is 11.5. The topological polar surface area (TPSA) is 34.1 Å². The van der Waals surface area contributed by atoms with Crippen molar-refractivity contribution in [3.8, 4) is 0 Å². The molecule has 5 heteroatoms. The molecule has 0 spiro atoms. The van der Waals surface area contributed by atoms with Crippen LogP contribution in [0.25, 0.3) is 0 Å². The molecule has 0 bridgehead atoms. The molecule has 1 atom stereocenters. The van der Waals surface area contributed by atoms with E-state index in [1.54, 1.807) is 0 Å². The van der Waals surface area contributed by atoms with Crippen LogP contribution in [0.5, 0.6) is 0 Å². The molecule has 1 saturated heterocycles. The van der Waals surface area contributed by atoms with E-state index in [1.807, 2.05) is 13.1 Å². The van der Waals surface area contributed by atoms with Crippen LogP contribution in [0, 0.1) is 0 Å². The lowest BCUT2D eigenvalue weighted by Gasteiger charge is -2.38. The summed E-state index contributed by atoms with van der Waals surface area (Å²) in [5.74, 6) is 1.00. The van der Waals surface area contributed by atoms with Crippen LogP contribution in [0.1, 0.15) is 25.7 Å². The molecular formula is C17H35N5. The van der Waals surface area contributed by atoms with Crippen LogP contribution in [0.15, 0.2) is 17.6 Å². The first-order valence-corrected chi connectivity index (χ1v) is 8.50. The zero-order valence-electron chi connectivity index (χ0n) is 15.0. The number of allylic oxidation sites excluding steroid dienone is 1. The Morgan fingerprint density at radius 3 is 2.77 bits per heavy atom. The van der Waals surface area contributed by atoms with E-state index >= 15 is 0 Å². The summed E-state index contributed by atoms with van der Waals surface area (Å²) < 4.78 is 0. The number of aliphatic imine (C=N–C) groups is 1. The smallest absolute Gasteiger partial charge is 0.193 e. The molecule has 0 aromatic carbocycles. The molecule has 1 N–H and O–H groups in total. The monoisotopic (exact) mass is 309 g/mol. The minimum Gasteiger partial charge on any atom is -0.355 e. The number of piperazine rings is 1. The number of hydrogen-bond acceptors (Lipinski definition) is 3. The summed E-state index contributed by atoms with van der Waals surface area (Å²) >= 11 is 0. The van der Waals surface area contributed by atoms with Crippen LogP contribution < -0.4 is 5.32 Å². The zero-order chi connectivity index (χ0) is 16.4. The van der Waals surface area contributed by atoms with Gasteiger partial charge >= 0.3 is 0 Å². The van der Waals surface area contributed by atoms with Crippen LogP contribution in [-0.2, 0) is 0 Å². The van der Waals surface area contributed by atoms with Gasteiger partial charge in [-0.05, 0) is 33.4 Å². The highest BCUT2D eigenvalue weighted by molar-refractivity contribution is 5.79. The van der Waals surface area contributed by atoms with Crippen LogP contribution in [0.3, 0.4) is 0 Å². The van der Waals surface area contributed by atoms with Gasteiger partial charge in [-0.2, -0.15) is 0 Å². The Balaban J connectivity index is 2.30. The van der Waals surface area contributed by atoms with Gasteiger partial charge in [0.05, 0.1) is 0 Å². The molecule has 1 unspecified atom stereocenters. The van der Waals surface area contributed by atoms with Crippen molar-refractivity contribution in [1.29, 1.82) is 0 Å².